The molecule has 1 aromatic carbocycles. The Kier molecular flexibility index (Phi) is 3.79. The molecule has 112 valence electrons. The van der Waals surface area contributed by atoms with Crippen LogP contribution in [0.2, 0.25) is 0 Å². The van der Waals surface area contributed by atoms with Crippen LogP contribution in [0.4, 0.5) is 0 Å². The van der Waals surface area contributed by atoms with E-state index >= 15 is 0 Å². The van der Waals surface area contributed by atoms with Gasteiger partial charge < -0.3 is 19.7 Å². The average molecular weight is 289 g/mol. The van der Waals surface area contributed by atoms with Gasteiger partial charge in [0.05, 0.1) is 19.8 Å². The van der Waals surface area contributed by atoms with E-state index in [9.17, 15) is 0 Å². The summed E-state index contributed by atoms with van der Waals surface area (Å²) in [7, 11) is 0. The van der Waals surface area contributed by atoms with Crippen LogP contribution in [-0.4, -0.2) is 23.4 Å². The topological polar surface area (TPSA) is 83.4 Å². The fraction of sp³-hybridized carbons (Fsp3) is 0.467. The van der Waals surface area contributed by atoms with Crippen molar-refractivity contribution in [2.75, 3.05) is 13.2 Å². The molecule has 2 aromatic rings. The normalized spacial score (nSPS) is 14.3. The lowest BCUT2D eigenvalue weighted by Crippen LogP contribution is -2.02. The molecule has 1 aliphatic rings. The number of nitrogens with zero attached hydrogens (tertiary/aromatic N) is 2. The number of benzene rings is 1. The van der Waals surface area contributed by atoms with E-state index in [1.807, 2.05) is 12.1 Å². The number of nitrogens with two attached hydrogens (primary N) is 1. The maximum absolute atomic E-state index is 5.90. The first-order valence-electron chi connectivity index (χ1n) is 7.16. The lowest BCUT2D eigenvalue weighted by Gasteiger charge is -2.17. The fourth-order valence-corrected chi connectivity index (χ4v) is 2.47. The van der Waals surface area contributed by atoms with Gasteiger partial charge in [-0.25, -0.2) is 0 Å². The minimum atomic E-state index is 0.231. The Hall–Kier alpha value is -2.08. The first-order valence-corrected chi connectivity index (χ1v) is 7.16. The smallest absolute Gasteiger partial charge is 0.240 e. The molecule has 6 heteroatoms. The van der Waals surface area contributed by atoms with Crippen LogP contribution in [0.5, 0.6) is 11.5 Å². The highest BCUT2D eigenvalue weighted by molar-refractivity contribution is 5.68. The molecule has 0 unspecified atom stereocenters. The summed E-state index contributed by atoms with van der Waals surface area (Å²) in [5, 5.41) is 4.01. The van der Waals surface area contributed by atoms with Crippen molar-refractivity contribution in [2.24, 2.45) is 5.73 Å². The maximum Gasteiger partial charge on any atom is 0.240 e. The minimum absolute atomic E-state index is 0.231. The third-order valence-corrected chi connectivity index (χ3v) is 3.41. The van der Waals surface area contributed by atoms with Crippen LogP contribution in [0.15, 0.2) is 16.7 Å². The molecule has 0 saturated heterocycles. The minimum Gasteiger partial charge on any atom is -0.490 e. The second-order valence-corrected chi connectivity index (χ2v) is 5.28. The molecule has 21 heavy (non-hydrogen) atoms. The average Bonchev–Trinajstić information content (AvgIpc) is 2.83. The second-order valence-electron chi connectivity index (χ2n) is 5.28. The van der Waals surface area contributed by atoms with Crippen LogP contribution >= 0.6 is 0 Å². The van der Waals surface area contributed by atoms with Gasteiger partial charge in [0.2, 0.25) is 11.7 Å². The number of aromatic nitrogens is 2. The summed E-state index contributed by atoms with van der Waals surface area (Å²) in [5.74, 6) is 2.78. The molecule has 1 aromatic heterocycles. The van der Waals surface area contributed by atoms with Gasteiger partial charge in [0, 0.05) is 17.5 Å². The molecular weight excluding hydrogens is 270 g/mol. The summed E-state index contributed by atoms with van der Waals surface area (Å²) in [6, 6.07) is 3.86. The van der Waals surface area contributed by atoms with Crippen molar-refractivity contribution in [1.29, 1.82) is 0 Å². The quantitative estimate of drug-likeness (QED) is 0.934. The van der Waals surface area contributed by atoms with Crippen LogP contribution in [0, 0.1) is 0 Å². The van der Waals surface area contributed by atoms with Gasteiger partial charge in [-0.3, -0.25) is 0 Å². The maximum atomic E-state index is 5.90. The lowest BCUT2D eigenvalue weighted by atomic mass is 9.95. The van der Waals surface area contributed by atoms with Crippen molar-refractivity contribution in [1.82, 2.24) is 10.1 Å². The van der Waals surface area contributed by atoms with E-state index in [0.717, 1.165) is 29.0 Å². The van der Waals surface area contributed by atoms with Crippen LogP contribution in [0.3, 0.4) is 0 Å². The molecule has 0 spiro atoms. The molecule has 0 bridgehead atoms. The van der Waals surface area contributed by atoms with Gasteiger partial charge in [-0.2, -0.15) is 4.98 Å². The molecule has 0 aliphatic carbocycles. The van der Waals surface area contributed by atoms with E-state index in [1.54, 1.807) is 0 Å². The van der Waals surface area contributed by atoms with Crippen molar-refractivity contribution in [3.05, 3.63) is 23.6 Å². The first-order chi connectivity index (χ1) is 10.2. The number of hydrogen-bond acceptors (Lipinski definition) is 6. The highest BCUT2D eigenvalue weighted by Crippen LogP contribution is 2.42. The molecule has 0 amide bonds. The molecule has 0 saturated carbocycles. The monoisotopic (exact) mass is 289 g/mol. The van der Waals surface area contributed by atoms with Gasteiger partial charge in [-0.1, -0.05) is 19.0 Å². The molecule has 2 N–H and O–H groups in total. The zero-order valence-corrected chi connectivity index (χ0v) is 12.3. The van der Waals surface area contributed by atoms with Crippen LogP contribution in [-0.2, 0) is 6.54 Å². The van der Waals surface area contributed by atoms with E-state index in [4.69, 9.17) is 19.7 Å². The number of hydrogen-bond donors (Lipinski definition) is 1. The molecule has 6 nitrogen and oxygen atoms in total. The van der Waals surface area contributed by atoms with Gasteiger partial charge in [0.15, 0.2) is 11.5 Å². The largest absolute Gasteiger partial charge is 0.490 e. The SMILES string of the molecule is CC(C)c1c(-c2noc(CN)n2)ccc2c1OCCCO2. The highest BCUT2D eigenvalue weighted by atomic mass is 16.5. The van der Waals surface area contributed by atoms with E-state index in [-0.39, 0.29) is 12.5 Å². The van der Waals surface area contributed by atoms with E-state index in [0.29, 0.717) is 24.9 Å². The Labute approximate surface area is 123 Å². The summed E-state index contributed by atoms with van der Waals surface area (Å²) in [6.45, 7) is 5.77. The zero-order valence-electron chi connectivity index (χ0n) is 12.3. The number of ether oxygens (including phenoxy) is 2. The van der Waals surface area contributed by atoms with Crippen molar-refractivity contribution >= 4 is 0 Å². The molecule has 0 fully saturated rings. The molecule has 2 heterocycles. The number of fused-ring (bicyclic) bond motifs is 1. The Morgan fingerprint density at radius 1 is 1.24 bits per heavy atom. The summed E-state index contributed by atoms with van der Waals surface area (Å²) in [6.07, 6.45) is 0.876. The summed E-state index contributed by atoms with van der Waals surface area (Å²) in [5.41, 5.74) is 7.47. The molecule has 0 radical (unpaired) electrons. The molecule has 0 atom stereocenters. The molecule has 1 aliphatic heterocycles. The van der Waals surface area contributed by atoms with Crippen molar-refractivity contribution in [2.45, 2.75) is 32.7 Å². The highest BCUT2D eigenvalue weighted by Gasteiger charge is 2.23. The van der Waals surface area contributed by atoms with E-state index in [2.05, 4.69) is 24.0 Å². The van der Waals surface area contributed by atoms with Crippen molar-refractivity contribution in [3.63, 3.8) is 0 Å². The predicted molar refractivity (Wildman–Crippen MR) is 77.3 cm³/mol. The Balaban J connectivity index is 2.14. The van der Waals surface area contributed by atoms with Crippen molar-refractivity contribution in [3.8, 4) is 22.9 Å². The van der Waals surface area contributed by atoms with Gasteiger partial charge in [-0.05, 0) is 18.1 Å². The van der Waals surface area contributed by atoms with Crippen LogP contribution in [0.1, 0.15) is 37.6 Å². The zero-order chi connectivity index (χ0) is 14.8. The third-order valence-electron chi connectivity index (χ3n) is 3.41. The summed E-state index contributed by atoms with van der Waals surface area (Å²) < 4.78 is 16.8. The van der Waals surface area contributed by atoms with Gasteiger partial charge in [0.25, 0.3) is 0 Å². The second kappa shape index (κ2) is 5.73. The molecule has 3 rings (SSSR count). The van der Waals surface area contributed by atoms with Gasteiger partial charge in [0.1, 0.15) is 0 Å². The Bertz CT molecular complexity index is 637. The summed E-state index contributed by atoms with van der Waals surface area (Å²) in [4.78, 5) is 4.32. The van der Waals surface area contributed by atoms with Gasteiger partial charge >= 0.3 is 0 Å². The third kappa shape index (κ3) is 2.58. The standard InChI is InChI=1S/C15H19N3O3/c1-9(2)13-10(15-17-12(8-16)21-18-15)4-5-11-14(13)20-7-3-6-19-11/h4-5,9H,3,6-8,16H2,1-2H3. The number of rotatable bonds is 3. The van der Waals surface area contributed by atoms with Gasteiger partial charge in [-0.15, -0.1) is 0 Å². The summed E-state index contributed by atoms with van der Waals surface area (Å²) >= 11 is 0. The van der Waals surface area contributed by atoms with Crippen molar-refractivity contribution < 1.29 is 14.0 Å². The van der Waals surface area contributed by atoms with E-state index < -0.39 is 0 Å². The predicted octanol–water partition coefficient (Wildman–Crippen LogP) is 2.48. The van der Waals surface area contributed by atoms with Crippen LogP contribution in [0.25, 0.3) is 11.4 Å². The lowest BCUT2D eigenvalue weighted by molar-refractivity contribution is 0.296. The van der Waals surface area contributed by atoms with E-state index in [1.165, 1.54) is 0 Å². The molecular formula is C15H19N3O3. The Morgan fingerprint density at radius 3 is 2.76 bits per heavy atom. The Morgan fingerprint density at radius 2 is 2.05 bits per heavy atom. The first kappa shape index (κ1) is 13.9. The van der Waals surface area contributed by atoms with Crippen LogP contribution < -0.4 is 15.2 Å². The fourth-order valence-electron chi connectivity index (χ4n) is 2.47.